The minimum Gasteiger partial charge on any atom is -0.144 e. The fraction of sp³-hybridized carbons (Fsp3) is 0.700. The van der Waals surface area contributed by atoms with E-state index in [1.165, 1.54) is 17.2 Å². The van der Waals surface area contributed by atoms with Gasteiger partial charge in [-0.3, -0.25) is 0 Å². The molecule has 0 saturated carbocycles. The molecule has 6 atom stereocenters. The summed E-state index contributed by atoms with van der Waals surface area (Å²) in [6, 6.07) is 8.50. The van der Waals surface area contributed by atoms with Crippen molar-refractivity contribution in [2.75, 3.05) is 0 Å². The van der Waals surface area contributed by atoms with Crippen LogP contribution >= 0.6 is 22.2 Å². The van der Waals surface area contributed by atoms with Crippen molar-refractivity contribution in [3.63, 3.8) is 0 Å². The zero-order chi connectivity index (χ0) is 17.7. The third-order valence-electron chi connectivity index (χ3n) is 6.54. The normalized spacial score (nSPS) is 19.9. The van der Waals surface area contributed by atoms with E-state index in [9.17, 15) is 0 Å². The lowest BCUT2D eigenvalue weighted by Crippen LogP contribution is -2.31. The summed E-state index contributed by atoms with van der Waals surface area (Å²) in [5.74, 6) is 4.02. The molecule has 0 aromatic heterocycles. The van der Waals surface area contributed by atoms with Crippen LogP contribution in [0.15, 0.2) is 24.3 Å². The van der Waals surface area contributed by atoms with E-state index in [1.54, 1.807) is 0 Å². The van der Waals surface area contributed by atoms with Gasteiger partial charge in [0, 0.05) is 0 Å². The fourth-order valence-corrected chi connectivity index (χ4v) is 5.77. The predicted octanol–water partition coefficient (Wildman–Crippen LogP) is 6.29. The van der Waals surface area contributed by atoms with Gasteiger partial charge < -0.3 is 0 Å². The highest BCUT2D eigenvalue weighted by atomic mass is 35.7. The number of rotatable bonds is 8. The van der Waals surface area contributed by atoms with Crippen LogP contribution < -0.4 is 5.19 Å². The molecule has 0 saturated heterocycles. The molecule has 0 nitrogen and oxygen atoms in total. The standard InChI is InChI=1S/C20H34Cl2Si/c1-8-13(2)14(3)15(4)16(5)17(6)18(7)19-11-9-10-12-20(19)23(21)22/h9-18,23H,8H2,1-7H3. The van der Waals surface area contributed by atoms with Gasteiger partial charge >= 0.3 is 0 Å². The van der Waals surface area contributed by atoms with Crippen LogP contribution in [0, 0.1) is 29.6 Å². The van der Waals surface area contributed by atoms with Crippen molar-refractivity contribution < 1.29 is 0 Å². The minimum atomic E-state index is -1.82. The molecular weight excluding hydrogens is 339 g/mol. The Balaban J connectivity index is 2.93. The Morgan fingerprint density at radius 2 is 1.35 bits per heavy atom. The molecule has 1 aromatic rings. The monoisotopic (exact) mass is 372 g/mol. The first-order valence-electron chi connectivity index (χ1n) is 9.09. The average Bonchev–Trinajstić information content (AvgIpc) is 2.57. The summed E-state index contributed by atoms with van der Waals surface area (Å²) in [5, 5.41) is 1.20. The van der Waals surface area contributed by atoms with Gasteiger partial charge in [0.25, 0.3) is 7.42 Å². The number of hydrogen-bond donors (Lipinski definition) is 0. The molecule has 23 heavy (non-hydrogen) atoms. The van der Waals surface area contributed by atoms with Gasteiger partial charge in [-0.2, -0.15) is 0 Å². The van der Waals surface area contributed by atoms with Crippen molar-refractivity contribution in [1.82, 2.24) is 0 Å². The third kappa shape index (κ3) is 5.24. The lowest BCUT2D eigenvalue weighted by molar-refractivity contribution is 0.155. The lowest BCUT2D eigenvalue weighted by Gasteiger charge is -2.36. The van der Waals surface area contributed by atoms with Gasteiger partial charge in [-0.25, -0.2) is 0 Å². The molecule has 0 bridgehead atoms. The Morgan fingerprint density at radius 1 is 0.826 bits per heavy atom. The molecule has 0 aliphatic carbocycles. The van der Waals surface area contributed by atoms with Gasteiger partial charge in [-0.05, 0) is 46.3 Å². The molecule has 0 spiro atoms. The van der Waals surface area contributed by atoms with Crippen LogP contribution in [0.1, 0.15) is 66.4 Å². The van der Waals surface area contributed by atoms with E-state index in [1.807, 2.05) is 0 Å². The molecular formula is C20H34Cl2Si. The third-order valence-corrected chi connectivity index (χ3v) is 8.95. The van der Waals surface area contributed by atoms with Crippen molar-refractivity contribution >= 4 is 34.8 Å². The topological polar surface area (TPSA) is 0 Å². The summed E-state index contributed by atoms with van der Waals surface area (Å²) in [4.78, 5) is 0. The smallest absolute Gasteiger partial charge is 0.144 e. The van der Waals surface area contributed by atoms with Gasteiger partial charge in [0.1, 0.15) is 0 Å². The Labute approximate surface area is 155 Å². The van der Waals surface area contributed by atoms with Gasteiger partial charge in [0.05, 0.1) is 0 Å². The van der Waals surface area contributed by atoms with Crippen LogP contribution in [-0.4, -0.2) is 7.42 Å². The van der Waals surface area contributed by atoms with E-state index in [0.29, 0.717) is 17.8 Å². The summed E-state index contributed by atoms with van der Waals surface area (Å²) in [7, 11) is -1.82. The molecule has 0 radical (unpaired) electrons. The maximum Gasteiger partial charge on any atom is 0.266 e. The number of hydrogen-bond acceptors (Lipinski definition) is 0. The van der Waals surface area contributed by atoms with E-state index in [2.05, 4.69) is 72.7 Å². The fourth-order valence-electron chi connectivity index (χ4n) is 3.71. The molecule has 0 fully saturated rings. The van der Waals surface area contributed by atoms with Crippen LogP contribution in [0.2, 0.25) is 0 Å². The lowest BCUT2D eigenvalue weighted by atomic mass is 9.69. The van der Waals surface area contributed by atoms with Crippen LogP contribution in [0.4, 0.5) is 0 Å². The Morgan fingerprint density at radius 3 is 1.87 bits per heavy atom. The summed E-state index contributed by atoms with van der Waals surface area (Å²) < 4.78 is 0. The first-order chi connectivity index (χ1) is 10.7. The van der Waals surface area contributed by atoms with Crippen molar-refractivity contribution in [2.45, 2.75) is 60.8 Å². The molecule has 3 heteroatoms. The Kier molecular flexibility index (Phi) is 8.69. The van der Waals surface area contributed by atoms with Gasteiger partial charge in [-0.15, -0.1) is 22.2 Å². The Bertz CT molecular complexity index is 474. The van der Waals surface area contributed by atoms with E-state index >= 15 is 0 Å². The first kappa shape index (κ1) is 21.1. The van der Waals surface area contributed by atoms with Gasteiger partial charge in [0.15, 0.2) is 0 Å². The molecule has 1 rings (SSSR count). The molecule has 0 heterocycles. The number of benzene rings is 1. The van der Waals surface area contributed by atoms with Crippen LogP contribution in [0.3, 0.4) is 0 Å². The summed E-state index contributed by atoms with van der Waals surface area (Å²) >= 11 is 12.6. The van der Waals surface area contributed by atoms with Crippen molar-refractivity contribution in [3.8, 4) is 0 Å². The van der Waals surface area contributed by atoms with Crippen LogP contribution in [-0.2, 0) is 0 Å². The highest BCUT2D eigenvalue weighted by Crippen LogP contribution is 2.38. The van der Waals surface area contributed by atoms with Crippen molar-refractivity contribution in [1.29, 1.82) is 0 Å². The summed E-state index contributed by atoms with van der Waals surface area (Å²) in [6.07, 6.45) is 1.26. The van der Waals surface area contributed by atoms with Crippen LogP contribution in [0.25, 0.3) is 0 Å². The second kappa shape index (κ2) is 9.49. The molecule has 0 aliphatic heterocycles. The zero-order valence-electron chi connectivity index (χ0n) is 15.8. The minimum absolute atomic E-state index is 0.486. The van der Waals surface area contributed by atoms with E-state index in [0.717, 1.165) is 17.8 Å². The van der Waals surface area contributed by atoms with Gasteiger partial charge in [0.2, 0.25) is 0 Å². The molecule has 6 unspecified atom stereocenters. The number of halogens is 2. The SMILES string of the molecule is CCC(C)C(C)C(C)C(C)C(C)C(C)c1ccccc1[SiH](Cl)Cl. The molecule has 132 valence electrons. The first-order valence-corrected chi connectivity index (χ1v) is 13.2. The molecule has 1 aromatic carbocycles. The molecule has 0 aliphatic rings. The quantitative estimate of drug-likeness (QED) is 0.371. The van der Waals surface area contributed by atoms with Gasteiger partial charge in [-0.1, -0.05) is 79.2 Å². The van der Waals surface area contributed by atoms with E-state index < -0.39 is 7.42 Å². The summed E-state index contributed by atoms with van der Waals surface area (Å²) in [6.45, 7) is 16.7. The zero-order valence-corrected chi connectivity index (χ0v) is 18.5. The second-order valence-electron chi connectivity index (χ2n) is 7.54. The summed E-state index contributed by atoms with van der Waals surface area (Å²) in [5.41, 5.74) is 1.36. The molecule has 0 amide bonds. The highest BCUT2D eigenvalue weighted by Gasteiger charge is 2.30. The predicted molar refractivity (Wildman–Crippen MR) is 109 cm³/mol. The maximum atomic E-state index is 6.31. The average molecular weight is 373 g/mol. The highest BCUT2D eigenvalue weighted by molar-refractivity contribution is 7.39. The molecule has 0 N–H and O–H groups in total. The Hall–Kier alpha value is 0.0169. The maximum absolute atomic E-state index is 6.31. The van der Waals surface area contributed by atoms with Crippen molar-refractivity contribution in [3.05, 3.63) is 29.8 Å². The largest absolute Gasteiger partial charge is 0.266 e. The second-order valence-corrected chi connectivity index (χ2v) is 12.1. The van der Waals surface area contributed by atoms with E-state index in [4.69, 9.17) is 22.2 Å². The van der Waals surface area contributed by atoms with Crippen molar-refractivity contribution in [2.24, 2.45) is 29.6 Å². The van der Waals surface area contributed by atoms with E-state index in [-0.39, 0.29) is 0 Å². The van der Waals surface area contributed by atoms with Crippen LogP contribution in [0.5, 0.6) is 0 Å².